The Balaban J connectivity index is 1.98. The smallest absolute Gasteiger partial charge is 0.0602 e. The van der Waals surface area contributed by atoms with Crippen LogP contribution in [-0.4, -0.2) is 24.7 Å². The van der Waals surface area contributed by atoms with E-state index in [0.29, 0.717) is 12.1 Å². The zero-order chi connectivity index (χ0) is 13.0. The van der Waals surface area contributed by atoms with Gasteiger partial charge in [0, 0.05) is 18.8 Å². The van der Waals surface area contributed by atoms with E-state index in [1.807, 2.05) is 13.2 Å². The molecule has 1 aromatic heterocycles. The highest BCUT2D eigenvalue weighted by Crippen LogP contribution is 2.24. The maximum Gasteiger partial charge on any atom is 0.0602 e. The van der Waals surface area contributed by atoms with Gasteiger partial charge in [-0.15, -0.1) is 0 Å². The van der Waals surface area contributed by atoms with Crippen LogP contribution in [0.2, 0.25) is 0 Å². The summed E-state index contributed by atoms with van der Waals surface area (Å²) in [6.45, 7) is 5.17. The van der Waals surface area contributed by atoms with Gasteiger partial charge in [0.25, 0.3) is 0 Å². The normalized spacial score (nSPS) is 21.2. The van der Waals surface area contributed by atoms with Crippen molar-refractivity contribution in [1.29, 1.82) is 0 Å². The largest absolute Gasteiger partial charge is 0.378 e. The number of pyridine rings is 1. The number of aromatic nitrogens is 1. The summed E-state index contributed by atoms with van der Waals surface area (Å²) in [5, 5.41) is 3.38. The van der Waals surface area contributed by atoms with E-state index in [4.69, 9.17) is 4.74 Å². The molecule has 0 spiro atoms. The molecule has 0 aromatic carbocycles. The Labute approximate surface area is 110 Å². The van der Waals surface area contributed by atoms with Gasteiger partial charge in [0.05, 0.1) is 11.8 Å². The third-order valence-electron chi connectivity index (χ3n) is 3.74. The summed E-state index contributed by atoms with van der Waals surface area (Å²) >= 11 is 0. The van der Waals surface area contributed by atoms with Gasteiger partial charge in [0.1, 0.15) is 0 Å². The monoisotopic (exact) mass is 248 g/mol. The summed E-state index contributed by atoms with van der Waals surface area (Å²) in [5.41, 5.74) is 3.69. The summed E-state index contributed by atoms with van der Waals surface area (Å²) in [7, 11) is 2.02. The molecule has 2 rings (SSSR count). The zero-order valence-electron chi connectivity index (χ0n) is 11.7. The average Bonchev–Trinajstić information content (AvgIpc) is 2.85. The summed E-state index contributed by atoms with van der Waals surface area (Å²) in [6, 6.07) is 2.55. The van der Waals surface area contributed by atoms with Gasteiger partial charge >= 0.3 is 0 Å². The second-order valence-corrected chi connectivity index (χ2v) is 5.27. The highest BCUT2D eigenvalue weighted by Gasteiger charge is 2.19. The van der Waals surface area contributed by atoms with E-state index in [-0.39, 0.29) is 0 Å². The minimum Gasteiger partial charge on any atom is -0.378 e. The number of ether oxygens (including phenoxy) is 1. The van der Waals surface area contributed by atoms with Gasteiger partial charge in [-0.1, -0.05) is 6.07 Å². The molecule has 18 heavy (non-hydrogen) atoms. The van der Waals surface area contributed by atoms with Crippen LogP contribution >= 0.6 is 0 Å². The number of hydrogen-bond acceptors (Lipinski definition) is 3. The molecule has 0 amide bonds. The van der Waals surface area contributed by atoms with Crippen LogP contribution in [0.25, 0.3) is 0 Å². The van der Waals surface area contributed by atoms with Crippen molar-refractivity contribution in [3.8, 4) is 0 Å². The summed E-state index contributed by atoms with van der Waals surface area (Å²) in [4.78, 5) is 4.59. The molecule has 1 aromatic rings. The fourth-order valence-corrected chi connectivity index (χ4v) is 2.73. The Morgan fingerprint density at radius 1 is 1.50 bits per heavy atom. The van der Waals surface area contributed by atoms with Crippen LogP contribution in [-0.2, 0) is 4.74 Å². The minimum atomic E-state index is 0.342. The van der Waals surface area contributed by atoms with Crippen LogP contribution in [0.5, 0.6) is 0 Å². The van der Waals surface area contributed by atoms with Gasteiger partial charge in [-0.05, 0) is 57.7 Å². The average molecular weight is 248 g/mol. The molecule has 0 radical (unpaired) electrons. The van der Waals surface area contributed by atoms with E-state index in [0.717, 1.165) is 19.4 Å². The van der Waals surface area contributed by atoms with Crippen LogP contribution in [0, 0.1) is 13.8 Å². The van der Waals surface area contributed by atoms with Crippen molar-refractivity contribution in [3.05, 3.63) is 29.1 Å². The maximum absolute atomic E-state index is 5.68. The lowest BCUT2D eigenvalue weighted by Crippen LogP contribution is -2.20. The first-order valence-electron chi connectivity index (χ1n) is 6.92. The quantitative estimate of drug-likeness (QED) is 0.870. The fourth-order valence-electron chi connectivity index (χ4n) is 2.73. The minimum absolute atomic E-state index is 0.342. The van der Waals surface area contributed by atoms with Crippen molar-refractivity contribution in [3.63, 3.8) is 0 Å². The molecule has 3 heteroatoms. The molecule has 0 aliphatic carbocycles. The molecule has 2 unspecified atom stereocenters. The molecule has 1 saturated heterocycles. The summed E-state index contributed by atoms with van der Waals surface area (Å²) < 4.78 is 5.68. The molecule has 2 heterocycles. The van der Waals surface area contributed by atoms with Gasteiger partial charge < -0.3 is 10.1 Å². The van der Waals surface area contributed by atoms with Crippen molar-refractivity contribution in [1.82, 2.24) is 10.3 Å². The van der Waals surface area contributed by atoms with E-state index < -0.39 is 0 Å². The molecule has 0 saturated carbocycles. The third-order valence-corrected chi connectivity index (χ3v) is 3.74. The van der Waals surface area contributed by atoms with Gasteiger partial charge in [-0.3, -0.25) is 4.98 Å². The molecule has 1 fully saturated rings. The Morgan fingerprint density at radius 2 is 2.33 bits per heavy atom. The zero-order valence-corrected chi connectivity index (χ0v) is 11.7. The molecule has 1 aliphatic heterocycles. The first-order valence-corrected chi connectivity index (χ1v) is 6.92. The van der Waals surface area contributed by atoms with Crippen molar-refractivity contribution in [2.75, 3.05) is 13.7 Å². The molecule has 3 nitrogen and oxygen atoms in total. The number of nitrogens with zero attached hydrogens (tertiary/aromatic N) is 1. The summed E-state index contributed by atoms with van der Waals surface area (Å²) in [6.07, 6.45) is 7.08. The number of nitrogens with one attached hydrogen (secondary N) is 1. The molecule has 2 atom stereocenters. The van der Waals surface area contributed by atoms with E-state index in [1.165, 1.54) is 29.7 Å². The second-order valence-electron chi connectivity index (χ2n) is 5.27. The van der Waals surface area contributed by atoms with Crippen LogP contribution in [0.3, 0.4) is 0 Å². The molecule has 100 valence electrons. The Bertz CT molecular complexity index is 386. The predicted molar refractivity (Wildman–Crippen MR) is 73.7 cm³/mol. The van der Waals surface area contributed by atoms with Crippen LogP contribution in [0.4, 0.5) is 0 Å². The molecule has 1 aliphatic rings. The van der Waals surface area contributed by atoms with Crippen LogP contribution < -0.4 is 5.32 Å². The predicted octanol–water partition coefficient (Wildman–Crippen LogP) is 2.92. The SMILES string of the molecule is CNC(CCC1CCCO1)c1ncc(C)cc1C. The topological polar surface area (TPSA) is 34.1 Å². The number of aryl methyl sites for hydroxylation is 2. The van der Waals surface area contributed by atoms with Crippen molar-refractivity contribution in [2.45, 2.75) is 51.7 Å². The highest BCUT2D eigenvalue weighted by atomic mass is 16.5. The lowest BCUT2D eigenvalue weighted by Gasteiger charge is -2.19. The van der Waals surface area contributed by atoms with Gasteiger partial charge in [-0.25, -0.2) is 0 Å². The Hall–Kier alpha value is -0.930. The number of hydrogen-bond donors (Lipinski definition) is 1. The molecule has 0 bridgehead atoms. The molecular weight excluding hydrogens is 224 g/mol. The van der Waals surface area contributed by atoms with E-state index >= 15 is 0 Å². The van der Waals surface area contributed by atoms with Gasteiger partial charge in [-0.2, -0.15) is 0 Å². The molecule has 1 N–H and O–H groups in total. The Kier molecular flexibility index (Phi) is 4.72. The first-order chi connectivity index (χ1) is 8.70. The van der Waals surface area contributed by atoms with E-state index in [9.17, 15) is 0 Å². The lowest BCUT2D eigenvalue weighted by molar-refractivity contribution is 0.0997. The molecular formula is C15H24N2O. The van der Waals surface area contributed by atoms with Crippen molar-refractivity contribution in [2.24, 2.45) is 0 Å². The van der Waals surface area contributed by atoms with Crippen LogP contribution in [0.15, 0.2) is 12.3 Å². The highest BCUT2D eigenvalue weighted by molar-refractivity contribution is 5.25. The lowest BCUT2D eigenvalue weighted by atomic mass is 10.00. The first kappa shape index (κ1) is 13.5. The van der Waals surface area contributed by atoms with Gasteiger partial charge in [0.15, 0.2) is 0 Å². The maximum atomic E-state index is 5.68. The third kappa shape index (κ3) is 3.30. The van der Waals surface area contributed by atoms with E-state index in [2.05, 4.69) is 30.2 Å². The fraction of sp³-hybridized carbons (Fsp3) is 0.667. The second kappa shape index (κ2) is 6.30. The Morgan fingerprint density at radius 3 is 2.94 bits per heavy atom. The number of rotatable bonds is 5. The van der Waals surface area contributed by atoms with E-state index in [1.54, 1.807) is 0 Å². The summed E-state index contributed by atoms with van der Waals surface area (Å²) in [5.74, 6) is 0. The van der Waals surface area contributed by atoms with Crippen LogP contribution in [0.1, 0.15) is 48.5 Å². The van der Waals surface area contributed by atoms with Crippen molar-refractivity contribution < 1.29 is 4.74 Å². The van der Waals surface area contributed by atoms with Gasteiger partial charge in [0.2, 0.25) is 0 Å². The van der Waals surface area contributed by atoms with Crippen molar-refractivity contribution >= 4 is 0 Å². The standard InChI is InChI=1S/C15H24N2O/c1-11-9-12(2)15(17-10-11)14(16-3)7-6-13-5-4-8-18-13/h9-10,13-14,16H,4-8H2,1-3H3.